The van der Waals surface area contributed by atoms with Crippen LogP contribution in [0, 0.1) is 0 Å². The van der Waals surface area contributed by atoms with Crippen LogP contribution in [0.15, 0.2) is 54.7 Å². The third-order valence-corrected chi connectivity index (χ3v) is 6.04. The molecular formula is C26H31N3O3. The number of hydrogen-bond acceptors (Lipinski definition) is 3. The van der Waals surface area contributed by atoms with Gasteiger partial charge in [0.05, 0.1) is 18.8 Å². The molecule has 4 rings (SSSR count). The number of fused-ring (bicyclic) bond motifs is 1. The SMILES string of the molecule is CN(C)C(=O)c1ccc(CCCCn2cc(C(=O)N3CCOCC3)c3ccccc32)cc1. The molecule has 1 saturated heterocycles. The molecule has 6 heteroatoms. The fourth-order valence-corrected chi connectivity index (χ4v) is 4.22. The van der Waals surface area contributed by atoms with Crippen molar-refractivity contribution in [2.45, 2.75) is 25.8 Å². The molecule has 1 aromatic heterocycles. The van der Waals surface area contributed by atoms with Crippen molar-refractivity contribution in [2.75, 3.05) is 40.4 Å². The molecule has 0 radical (unpaired) electrons. The van der Waals surface area contributed by atoms with Gasteiger partial charge in [-0.1, -0.05) is 30.3 Å². The van der Waals surface area contributed by atoms with Crippen molar-refractivity contribution in [3.8, 4) is 0 Å². The van der Waals surface area contributed by atoms with Gasteiger partial charge in [0, 0.05) is 56.4 Å². The highest BCUT2D eigenvalue weighted by atomic mass is 16.5. The predicted molar refractivity (Wildman–Crippen MR) is 126 cm³/mol. The number of rotatable bonds is 7. The summed E-state index contributed by atoms with van der Waals surface area (Å²) in [5, 5.41) is 1.02. The number of aromatic nitrogens is 1. The molecule has 0 atom stereocenters. The van der Waals surface area contributed by atoms with Crippen LogP contribution in [0.1, 0.15) is 39.1 Å². The van der Waals surface area contributed by atoms with E-state index in [9.17, 15) is 9.59 Å². The highest BCUT2D eigenvalue weighted by Crippen LogP contribution is 2.24. The molecule has 32 heavy (non-hydrogen) atoms. The Balaban J connectivity index is 1.38. The lowest BCUT2D eigenvalue weighted by molar-refractivity contribution is 0.0304. The number of unbranched alkanes of at least 4 members (excludes halogenated alkanes) is 1. The van der Waals surface area contributed by atoms with E-state index in [-0.39, 0.29) is 11.8 Å². The van der Waals surface area contributed by atoms with E-state index < -0.39 is 0 Å². The fraction of sp³-hybridized carbons (Fsp3) is 0.385. The van der Waals surface area contributed by atoms with Gasteiger partial charge in [-0.2, -0.15) is 0 Å². The number of ether oxygens (including phenoxy) is 1. The lowest BCUT2D eigenvalue weighted by Gasteiger charge is -2.26. The Morgan fingerprint density at radius 1 is 0.969 bits per heavy atom. The monoisotopic (exact) mass is 433 g/mol. The number of nitrogens with zero attached hydrogens (tertiary/aromatic N) is 3. The Morgan fingerprint density at radius 3 is 2.41 bits per heavy atom. The lowest BCUT2D eigenvalue weighted by Crippen LogP contribution is -2.40. The van der Waals surface area contributed by atoms with E-state index in [2.05, 4.69) is 10.6 Å². The first kappa shape index (κ1) is 22.1. The Labute approximate surface area is 189 Å². The lowest BCUT2D eigenvalue weighted by atomic mass is 10.1. The number of para-hydroxylation sites is 1. The van der Waals surface area contributed by atoms with Gasteiger partial charge in [0.25, 0.3) is 11.8 Å². The summed E-state index contributed by atoms with van der Waals surface area (Å²) >= 11 is 0. The molecule has 1 aliphatic rings. The molecule has 6 nitrogen and oxygen atoms in total. The van der Waals surface area contributed by atoms with Gasteiger partial charge in [-0.3, -0.25) is 9.59 Å². The normalized spacial score (nSPS) is 14.0. The van der Waals surface area contributed by atoms with Crippen LogP contribution in [0.3, 0.4) is 0 Å². The molecule has 0 unspecified atom stereocenters. The van der Waals surface area contributed by atoms with Crippen LogP contribution in [0.5, 0.6) is 0 Å². The van der Waals surface area contributed by atoms with Crippen LogP contribution >= 0.6 is 0 Å². The minimum absolute atomic E-state index is 0.0264. The summed E-state index contributed by atoms with van der Waals surface area (Å²) in [6.45, 7) is 3.38. The number of amides is 2. The molecule has 2 heterocycles. The maximum absolute atomic E-state index is 13.1. The van der Waals surface area contributed by atoms with Crippen molar-refractivity contribution < 1.29 is 14.3 Å². The zero-order valence-corrected chi connectivity index (χ0v) is 18.9. The zero-order chi connectivity index (χ0) is 22.5. The average Bonchev–Trinajstić information content (AvgIpc) is 3.20. The van der Waals surface area contributed by atoms with Crippen LogP contribution in [-0.2, 0) is 17.7 Å². The maximum Gasteiger partial charge on any atom is 0.256 e. The molecule has 1 aliphatic heterocycles. The summed E-state index contributed by atoms with van der Waals surface area (Å²) in [5.74, 6) is 0.120. The average molecular weight is 434 g/mol. The van der Waals surface area contributed by atoms with Gasteiger partial charge in [-0.25, -0.2) is 0 Å². The van der Waals surface area contributed by atoms with Gasteiger partial charge < -0.3 is 19.1 Å². The van der Waals surface area contributed by atoms with E-state index in [1.54, 1.807) is 19.0 Å². The van der Waals surface area contributed by atoms with Crippen LogP contribution in [0.25, 0.3) is 10.9 Å². The maximum atomic E-state index is 13.1. The van der Waals surface area contributed by atoms with E-state index in [0.29, 0.717) is 26.3 Å². The van der Waals surface area contributed by atoms with Crippen molar-refractivity contribution in [1.82, 2.24) is 14.4 Å². The molecular weight excluding hydrogens is 402 g/mol. The fourth-order valence-electron chi connectivity index (χ4n) is 4.22. The highest BCUT2D eigenvalue weighted by Gasteiger charge is 2.22. The summed E-state index contributed by atoms with van der Waals surface area (Å²) in [5.41, 5.74) is 3.84. The molecule has 0 spiro atoms. The Kier molecular flexibility index (Phi) is 6.90. The standard InChI is InChI=1S/C26H31N3O3/c1-27(2)25(30)21-12-10-20(11-13-21)7-5-6-14-29-19-23(22-8-3-4-9-24(22)29)26(31)28-15-17-32-18-16-28/h3-4,8-13,19H,5-7,14-18H2,1-2H3. The van der Waals surface area contributed by atoms with Crippen LogP contribution in [-0.4, -0.2) is 66.6 Å². The minimum Gasteiger partial charge on any atom is -0.378 e. The van der Waals surface area contributed by atoms with Gasteiger partial charge in [0.2, 0.25) is 0 Å². The van der Waals surface area contributed by atoms with E-state index >= 15 is 0 Å². The number of morpholine rings is 1. The highest BCUT2D eigenvalue weighted by molar-refractivity contribution is 6.07. The Bertz CT molecular complexity index is 1080. The predicted octanol–water partition coefficient (Wildman–Crippen LogP) is 3.84. The second kappa shape index (κ2) is 10.0. The second-order valence-corrected chi connectivity index (χ2v) is 8.51. The summed E-state index contributed by atoms with van der Waals surface area (Å²) in [7, 11) is 3.53. The molecule has 2 amide bonds. The smallest absolute Gasteiger partial charge is 0.256 e. The summed E-state index contributed by atoms with van der Waals surface area (Å²) in [6.07, 6.45) is 5.04. The number of carbonyl (C=O) groups excluding carboxylic acids is 2. The van der Waals surface area contributed by atoms with Gasteiger partial charge in [0.15, 0.2) is 0 Å². The third-order valence-electron chi connectivity index (χ3n) is 6.04. The topological polar surface area (TPSA) is 54.8 Å². The molecule has 2 aromatic carbocycles. The summed E-state index contributed by atoms with van der Waals surface area (Å²) in [6, 6.07) is 16.0. The van der Waals surface area contributed by atoms with Gasteiger partial charge in [-0.15, -0.1) is 0 Å². The van der Waals surface area contributed by atoms with Crippen molar-refractivity contribution in [3.63, 3.8) is 0 Å². The molecule has 0 saturated carbocycles. The van der Waals surface area contributed by atoms with Crippen molar-refractivity contribution in [3.05, 3.63) is 71.4 Å². The van der Waals surface area contributed by atoms with Crippen molar-refractivity contribution in [1.29, 1.82) is 0 Å². The van der Waals surface area contributed by atoms with E-state index in [1.165, 1.54) is 5.56 Å². The number of carbonyl (C=O) groups is 2. The molecule has 0 aliphatic carbocycles. The second-order valence-electron chi connectivity index (χ2n) is 8.51. The minimum atomic E-state index is 0.0264. The summed E-state index contributed by atoms with van der Waals surface area (Å²) < 4.78 is 7.60. The van der Waals surface area contributed by atoms with Crippen molar-refractivity contribution in [2.24, 2.45) is 0 Å². The van der Waals surface area contributed by atoms with E-state index in [0.717, 1.165) is 47.8 Å². The molecule has 1 fully saturated rings. The third kappa shape index (κ3) is 4.86. The molecule has 0 bridgehead atoms. The van der Waals surface area contributed by atoms with Gasteiger partial charge in [-0.05, 0) is 43.0 Å². The van der Waals surface area contributed by atoms with Crippen LogP contribution in [0.4, 0.5) is 0 Å². The van der Waals surface area contributed by atoms with Crippen molar-refractivity contribution >= 4 is 22.7 Å². The Hall–Kier alpha value is -3.12. The quantitative estimate of drug-likeness (QED) is 0.532. The first-order valence-corrected chi connectivity index (χ1v) is 11.3. The first-order chi connectivity index (χ1) is 15.5. The van der Waals surface area contributed by atoms with E-state index in [1.807, 2.05) is 53.6 Å². The molecule has 0 N–H and O–H groups in total. The summed E-state index contributed by atoms with van der Waals surface area (Å²) in [4.78, 5) is 28.6. The van der Waals surface area contributed by atoms with Gasteiger partial charge in [0.1, 0.15) is 0 Å². The van der Waals surface area contributed by atoms with E-state index in [4.69, 9.17) is 4.74 Å². The number of hydrogen-bond donors (Lipinski definition) is 0. The molecule has 3 aromatic rings. The molecule has 168 valence electrons. The Morgan fingerprint density at radius 2 is 1.69 bits per heavy atom. The van der Waals surface area contributed by atoms with Gasteiger partial charge >= 0.3 is 0 Å². The first-order valence-electron chi connectivity index (χ1n) is 11.3. The largest absolute Gasteiger partial charge is 0.378 e. The van der Waals surface area contributed by atoms with Crippen LogP contribution in [0.2, 0.25) is 0 Å². The number of benzene rings is 2. The van der Waals surface area contributed by atoms with Crippen LogP contribution < -0.4 is 0 Å². The number of aryl methyl sites for hydroxylation is 2. The zero-order valence-electron chi connectivity index (χ0n) is 18.9.